The molecule has 3 N–H and O–H groups in total. The summed E-state index contributed by atoms with van der Waals surface area (Å²) < 4.78 is 5.82. The lowest BCUT2D eigenvalue weighted by molar-refractivity contribution is 0.0847. The van der Waals surface area contributed by atoms with E-state index in [0.29, 0.717) is 0 Å². The van der Waals surface area contributed by atoms with Gasteiger partial charge in [-0.2, -0.15) is 0 Å². The lowest BCUT2D eigenvalue weighted by atomic mass is 9.94. The van der Waals surface area contributed by atoms with E-state index in [0.717, 1.165) is 18.6 Å². The molecule has 2 heteroatoms. The summed E-state index contributed by atoms with van der Waals surface area (Å²) in [7, 11) is 0. The van der Waals surface area contributed by atoms with Gasteiger partial charge in [0.15, 0.2) is 0 Å². The first-order valence-corrected chi connectivity index (χ1v) is 4.44. The molecule has 1 aliphatic rings. The molecule has 0 aromatic heterocycles. The van der Waals surface area contributed by atoms with Crippen LogP contribution in [0.4, 0.5) is 0 Å². The minimum absolute atomic E-state index is 0. The first-order chi connectivity index (χ1) is 5.67. The minimum Gasteiger partial charge on any atom is -0.488 e. The van der Waals surface area contributed by atoms with E-state index >= 15 is 0 Å². The van der Waals surface area contributed by atoms with E-state index in [4.69, 9.17) is 4.74 Å². The van der Waals surface area contributed by atoms with Crippen LogP contribution in [-0.4, -0.2) is 5.60 Å². The average Bonchev–Trinajstić information content (AvgIpc) is 2.02. The van der Waals surface area contributed by atoms with Crippen LogP contribution in [0.3, 0.4) is 0 Å². The van der Waals surface area contributed by atoms with Gasteiger partial charge in [0.05, 0.1) is 0 Å². The average molecular weight is 179 g/mol. The molecule has 0 amide bonds. The van der Waals surface area contributed by atoms with Crippen molar-refractivity contribution in [3.05, 3.63) is 29.8 Å². The highest BCUT2D eigenvalue weighted by atomic mass is 16.5. The summed E-state index contributed by atoms with van der Waals surface area (Å²) in [5, 5.41) is 0. The van der Waals surface area contributed by atoms with E-state index in [1.54, 1.807) is 0 Å². The molecule has 1 aromatic carbocycles. The predicted octanol–water partition coefficient (Wildman–Crippen LogP) is 2.95. The number of fused-ring (bicyclic) bond motifs is 1. The molecule has 13 heavy (non-hydrogen) atoms. The van der Waals surface area contributed by atoms with E-state index in [-0.39, 0.29) is 11.8 Å². The summed E-state index contributed by atoms with van der Waals surface area (Å²) >= 11 is 0. The normalized spacial score (nSPS) is 18.0. The lowest BCUT2D eigenvalue weighted by Gasteiger charge is -2.32. The van der Waals surface area contributed by atoms with Crippen molar-refractivity contribution in [2.75, 3.05) is 0 Å². The van der Waals surface area contributed by atoms with Crippen molar-refractivity contribution < 1.29 is 4.74 Å². The summed E-state index contributed by atoms with van der Waals surface area (Å²) in [6.07, 6.45) is 2.26. The summed E-state index contributed by atoms with van der Waals surface area (Å²) in [5.74, 6) is 1.06. The van der Waals surface area contributed by atoms with Crippen LogP contribution in [0.15, 0.2) is 24.3 Å². The van der Waals surface area contributed by atoms with Gasteiger partial charge in [0.2, 0.25) is 0 Å². The Labute approximate surface area is 79.5 Å². The van der Waals surface area contributed by atoms with Gasteiger partial charge in [-0.05, 0) is 38.3 Å². The van der Waals surface area contributed by atoms with Gasteiger partial charge in [-0.1, -0.05) is 18.2 Å². The molecule has 1 aliphatic heterocycles. The summed E-state index contributed by atoms with van der Waals surface area (Å²) in [6, 6.07) is 8.29. The third-order valence-corrected chi connectivity index (χ3v) is 2.36. The first kappa shape index (κ1) is 10.1. The van der Waals surface area contributed by atoms with Gasteiger partial charge in [-0.3, -0.25) is 0 Å². The Morgan fingerprint density at radius 3 is 2.69 bits per heavy atom. The zero-order chi connectivity index (χ0) is 8.60. The minimum atomic E-state index is 0. The number of aryl methyl sites for hydroxylation is 1. The molecule has 0 saturated heterocycles. The first-order valence-electron chi connectivity index (χ1n) is 4.44. The van der Waals surface area contributed by atoms with Gasteiger partial charge >= 0.3 is 0 Å². The molecular formula is C11H17NO. The third kappa shape index (κ3) is 2.01. The topological polar surface area (TPSA) is 44.2 Å². The fourth-order valence-corrected chi connectivity index (χ4v) is 1.59. The SMILES string of the molecule is CC1(C)CCc2ccccc2O1.N. The Hall–Kier alpha value is -1.02. The van der Waals surface area contributed by atoms with Crippen molar-refractivity contribution in [2.45, 2.75) is 32.3 Å². The second-order valence-electron chi connectivity index (χ2n) is 3.97. The number of hydrogen-bond donors (Lipinski definition) is 1. The molecular weight excluding hydrogens is 162 g/mol. The van der Waals surface area contributed by atoms with Crippen molar-refractivity contribution >= 4 is 0 Å². The highest BCUT2D eigenvalue weighted by Crippen LogP contribution is 2.32. The van der Waals surface area contributed by atoms with Gasteiger partial charge in [-0.15, -0.1) is 0 Å². The predicted molar refractivity (Wildman–Crippen MR) is 54.5 cm³/mol. The fraction of sp³-hybridized carbons (Fsp3) is 0.455. The van der Waals surface area contributed by atoms with E-state index < -0.39 is 0 Å². The quantitative estimate of drug-likeness (QED) is 0.665. The maximum atomic E-state index is 5.82. The van der Waals surface area contributed by atoms with Gasteiger partial charge in [0.25, 0.3) is 0 Å². The second kappa shape index (κ2) is 3.38. The second-order valence-corrected chi connectivity index (χ2v) is 3.97. The van der Waals surface area contributed by atoms with Crippen LogP contribution in [0.1, 0.15) is 25.8 Å². The van der Waals surface area contributed by atoms with E-state index in [1.807, 2.05) is 6.07 Å². The van der Waals surface area contributed by atoms with Crippen LogP contribution in [0.2, 0.25) is 0 Å². The fourth-order valence-electron chi connectivity index (χ4n) is 1.59. The molecule has 1 aromatic rings. The van der Waals surface area contributed by atoms with Crippen LogP contribution >= 0.6 is 0 Å². The van der Waals surface area contributed by atoms with Crippen molar-refractivity contribution in [1.82, 2.24) is 6.15 Å². The highest BCUT2D eigenvalue weighted by Gasteiger charge is 2.25. The van der Waals surface area contributed by atoms with Crippen LogP contribution in [-0.2, 0) is 6.42 Å². The lowest BCUT2D eigenvalue weighted by Crippen LogP contribution is -2.32. The van der Waals surface area contributed by atoms with Crippen LogP contribution in [0, 0.1) is 0 Å². The van der Waals surface area contributed by atoms with Crippen LogP contribution in [0.5, 0.6) is 5.75 Å². The van der Waals surface area contributed by atoms with Gasteiger partial charge in [0, 0.05) is 0 Å². The van der Waals surface area contributed by atoms with Crippen LogP contribution in [0.25, 0.3) is 0 Å². The molecule has 0 spiro atoms. The van der Waals surface area contributed by atoms with Crippen molar-refractivity contribution in [2.24, 2.45) is 0 Å². The molecule has 1 heterocycles. The van der Waals surface area contributed by atoms with Crippen molar-refractivity contribution in [3.8, 4) is 5.75 Å². The molecule has 72 valence electrons. The van der Waals surface area contributed by atoms with Gasteiger partial charge in [0.1, 0.15) is 11.4 Å². The molecule has 2 rings (SSSR count). The van der Waals surface area contributed by atoms with E-state index in [1.165, 1.54) is 5.56 Å². The standard InChI is InChI=1S/C11H14O.H3N/c1-11(2)8-7-9-5-3-4-6-10(9)12-11;/h3-6H,7-8H2,1-2H3;1H3. The maximum absolute atomic E-state index is 5.82. The molecule has 0 atom stereocenters. The molecule has 0 radical (unpaired) electrons. The molecule has 0 saturated carbocycles. The van der Waals surface area contributed by atoms with Crippen molar-refractivity contribution in [3.63, 3.8) is 0 Å². The van der Waals surface area contributed by atoms with Crippen molar-refractivity contribution in [1.29, 1.82) is 0 Å². The zero-order valence-electron chi connectivity index (χ0n) is 8.34. The molecule has 0 unspecified atom stereocenters. The maximum Gasteiger partial charge on any atom is 0.123 e. The Morgan fingerprint density at radius 2 is 1.92 bits per heavy atom. The third-order valence-electron chi connectivity index (χ3n) is 2.36. The highest BCUT2D eigenvalue weighted by molar-refractivity contribution is 5.35. The number of hydrogen-bond acceptors (Lipinski definition) is 2. The number of rotatable bonds is 0. The number of ether oxygens (including phenoxy) is 1. The monoisotopic (exact) mass is 179 g/mol. The van der Waals surface area contributed by atoms with E-state index in [9.17, 15) is 0 Å². The largest absolute Gasteiger partial charge is 0.488 e. The number of para-hydroxylation sites is 1. The Bertz CT molecular complexity index is 294. The summed E-state index contributed by atoms with van der Waals surface area (Å²) in [5.41, 5.74) is 1.37. The molecule has 0 fully saturated rings. The molecule has 0 bridgehead atoms. The Kier molecular flexibility index (Phi) is 2.62. The summed E-state index contributed by atoms with van der Waals surface area (Å²) in [4.78, 5) is 0. The van der Waals surface area contributed by atoms with Gasteiger partial charge in [-0.25, -0.2) is 0 Å². The van der Waals surface area contributed by atoms with E-state index in [2.05, 4.69) is 32.0 Å². The zero-order valence-corrected chi connectivity index (χ0v) is 8.34. The molecule has 0 aliphatic carbocycles. The smallest absolute Gasteiger partial charge is 0.123 e. The van der Waals surface area contributed by atoms with Crippen LogP contribution < -0.4 is 10.9 Å². The van der Waals surface area contributed by atoms with Gasteiger partial charge < -0.3 is 10.9 Å². The molecule has 2 nitrogen and oxygen atoms in total. The summed E-state index contributed by atoms with van der Waals surface area (Å²) in [6.45, 7) is 4.28. The number of benzene rings is 1. The Morgan fingerprint density at radius 1 is 1.23 bits per heavy atom. The Balaban J connectivity index is 0.000000845.